The number of anilines is 3. The van der Waals surface area contributed by atoms with Gasteiger partial charge in [0.05, 0.1) is 11.0 Å². The maximum absolute atomic E-state index is 6.26. The van der Waals surface area contributed by atoms with Crippen molar-refractivity contribution in [3.8, 4) is 5.69 Å². The monoisotopic (exact) mass is 551 g/mol. The Balaban J connectivity index is 1.27. The van der Waals surface area contributed by atoms with E-state index in [0.717, 1.165) is 44.7 Å². The zero-order valence-corrected chi connectivity index (χ0v) is 23.2. The van der Waals surface area contributed by atoms with E-state index >= 15 is 0 Å². The lowest BCUT2D eigenvalue weighted by molar-refractivity contribution is 0.668. The lowest BCUT2D eigenvalue weighted by atomic mass is 10.1. The van der Waals surface area contributed by atoms with E-state index in [1.807, 2.05) is 12.3 Å². The summed E-state index contributed by atoms with van der Waals surface area (Å²) in [5, 5.41) is 7.07. The van der Waals surface area contributed by atoms with E-state index in [-0.39, 0.29) is 0 Å². The summed E-state index contributed by atoms with van der Waals surface area (Å²) in [7, 11) is 0. The Morgan fingerprint density at radius 2 is 1.26 bits per heavy atom. The fraction of sp³-hybridized carbons (Fsp3) is 0. The van der Waals surface area contributed by atoms with E-state index in [1.54, 1.807) is 6.20 Å². The first kappa shape index (κ1) is 23.8. The van der Waals surface area contributed by atoms with E-state index in [2.05, 4.69) is 148 Å². The number of para-hydroxylation sites is 2. The van der Waals surface area contributed by atoms with Gasteiger partial charge in [0.2, 0.25) is 0 Å². The van der Waals surface area contributed by atoms with Gasteiger partial charge in [0.15, 0.2) is 0 Å². The smallest absolute Gasteiger partial charge is 0.138 e. The molecule has 9 rings (SSSR count). The van der Waals surface area contributed by atoms with Gasteiger partial charge in [0.25, 0.3) is 0 Å². The van der Waals surface area contributed by atoms with Crippen LogP contribution in [0.5, 0.6) is 0 Å². The first-order valence-corrected chi connectivity index (χ1v) is 14.5. The molecule has 0 atom stereocenters. The number of fused-ring (bicyclic) bond motifs is 7. The van der Waals surface area contributed by atoms with Crippen molar-refractivity contribution in [2.75, 3.05) is 4.90 Å². The molecule has 0 aliphatic rings. The molecule has 43 heavy (non-hydrogen) atoms. The van der Waals surface area contributed by atoms with Gasteiger partial charge in [-0.2, -0.15) is 0 Å². The molecular weight excluding hydrogens is 526 g/mol. The topological polar surface area (TPSA) is 34.2 Å². The largest absolute Gasteiger partial charge is 0.456 e. The Kier molecular flexibility index (Phi) is 5.16. The molecule has 0 N–H and O–H groups in total. The fourth-order valence-corrected chi connectivity index (χ4v) is 6.48. The normalized spacial score (nSPS) is 11.7. The molecule has 4 heteroatoms. The fourth-order valence-electron chi connectivity index (χ4n) is 6.48. The second kappa shape index (κ2) is 9.33. The summed E-state index contributed by atoms with van der Waals surface area (Å²) < 4.78 is 8.65. The Labute approximate surface area is 247 Å². The number of aromatic nitrogens is 2. The van der Waals surface area contributed by atoms with Gasteiger partial charge in [-0.05, 0) is 77.5 Å². The predicted octanol–water partition coefficient (Wildman–Crippen LogP) is 10.7. The summed E-state index contributed by atoms with van der Waals surface area (Å²) in [5.74, 6) is 0. The van der Waals surface area contributed by atoms with Crippen LogP contribution in [0, 0.1) is 0 Å². The Morgan fingerprint density at radius 1 is 0.488 bits per heavy atom. The van der Waals surface area contributed by atoms with Gasteiger partial charge >= 0.3 is 0 Å². The van der Waals surface area contributed by atoms with Crippen LogP contribution in [0.4, 0.5) is 17.1 Å². The minimum atomic E-state index is 0.840. The molecule has 0 fully saturated rings. The molecule has 0 spiro atoms. The Morgan fingerprint density at radius 3 is 2.16 bits per heavy atom. The predicted molar refractivity (Wildman–Crippen MR) is 178 cm³/mol. The summed E-state index contributed by atoms with van der Waals surface area (Å²) in [5.41, 5.74) is 8.33. The third kappa shape index (κ3) is 3.74. The molecule has 9 aromatic rings. The molecule has 0 radical (unpaired) electrons. The van der Waals surface area contributed by atoms with Crippen molar-refractivity contribution in [3.05, 3.63) is 152 Å². The average molecular weight is 552 g/mol. The van der Waals surface area contributed by atoms with Crippen LogP contribution in [0.2, 0.25) is 0 Å². The van der Waals surface area contributed by atoms with Gasteiger partial charge in [-0.1, -0.05) is 66.7 Å². The molecule has 3 heterocycles. The number of hydrogen-bond donors (Lipinski definition) is 0. The SMILES string of the molecule is c1ccc(N(c2cccc(-n3c4ccccc4c4cc5ccccc5cc43)c2)c2ccc3c(c2)oc2ccncc23)cc1. The number of nitrogens with zero attached hydrogens (tertiary/aromatic N) is 3. The van der Waals surface area contributed by atoms with Crippen LogP contribution in [-0.4, -0.2) is 9.55 Å². The number of rotatable bonds is 4. The molecule has 4 nitrogen and oxygen atoms in total. The number of benzene rings is 6. The van der Waals surface area contributed by atoms with Gasteiger partial charge in [0, 0.05) is 62.8 Å². The van der Waals surface area contributed by atoms with Crippen molar-refractivity contribution >= 4 is 71.6 Å². The second-order valence-corrected chi connectivity index (χ2v) is 10.9. The maximum atomic E-state index is 6.26. The quantitative estimate of drug-likeness (QED) is 0.218. The zero-order chi connectivity index (χ0) is 28.3. The van der Waals surface area contributed by atoms with Crippen LogP contribution >= 0.6 is 0 Å². The molecular formula is C39H25N3O. The summed E-state index contributed by atoms with van der Waals surface area (Å²) in [6.45, 7) is 0. The van der Waals surface area contributed by atoms with E-state index in [9.17, 15) is 0 Å². The molecule has 202 valence electrons. The van der Waals surface area contributed by atoms with Crippen LogP contribution in [0.25, 0.3) is 60.2 Å². The zero-order valence-electron chi connectivity index (χ0n) is 23.2. The van der Waals surface area contributed by atoms with Crippen molar-refractivity contribution in [2.24, 2.45) is 0 Å². The minimum absolute atomic E-state index is 0.840. The third-order valence-corrected chi connectivity index (χ3v) is 8.42. The summed E-state index contributed by atoms with van der Waals surface area (Å²) in [6.07, 6.45) is 3.64. The molecule has 0 unspecified atom stereocenters. The van der Waals surface area contributed by atoms with Crippen LogP contribution in [0.15, 0.2) is 156 Å². The minimum Gasteiger partial charge on any atom is -0.456 e. The van der Waals surface area contributed by atoms with Crippen LogP contribution in [0.1, 0.15) is 0 Å². The average Bonchev–Trinajstić information content (AvgIpc) is 3.59. The van der Waals surface area contributed by atoms with Crippen LogP contribution in [-0.2, 0) is 0 Å². The second-order valence-electron chi connectivity index (χ2n) is 10.9. The molecule has 6 aromatic carbocycles. The van der Waals surface area contributed by atoms with Crippen molar-refractivity contribution in [1.82, 2.24) is 9.55 Å². The standard InChI is InChI=1S/C39H25N3O/c1-2-11-28(12-3-1)41(31-17-18-33-35-25-40-20-19-38(35)43-39(33)24-31)29-13-8-14-30(23-29)42-36-16-7-6-15-32(36)34-21-26-9-4-5-10-27(26)22-37(34)42/h1-25H. The van der Waals surface area contributed by atoms with Gasteiger partial charge < -0.3 is 13.9 Å². The van der Waals surface area contributed by atoms with E-state index in [0.29, 0.717) is 0 Å². The van der Waals surface area contributed by atoms with Crippen molar-refractivity contribution < 1.29 is 4.42 Å². The molecule has 0 aliphatic carbocycles. The van der Waals surface area contributed by atoms with Crippen LogP contribution in [0.3, 0.4) is 0 Å². The first-order valence-electron chi connectivity index (χ1n) is 14.5. The molecule has 0 bridgehead atoms. The van der Waals surface area contributed by atoms with Gasteiger partial charge in [-0.15, -0.1) is 0 Å². The number of hydrogen-bond acceptors (Lipinski definition) is 3. The van der Waals surface area contributed by atoms with Crippen molar-refractivity contribution in [3.63, 3.8) is 0 Å². The van der Waals surface area contributed by atoms with Crippen molar-refractivity contribution in [2.45, 2.75) is 0 Å². The van der Waals surface area contributed by atoms with Crippen molar-refractivity contribution in [1.29, 1.82) is 0 Å². The first-order chi connectivity index (χ1) is 21.3. The van der Waals surface area contributed by atoms with E-state index < -0.39 is 0 Å². The summed E-state index contributed by atoms with van der Waals surface area (Å²) >= 11 is 0. The van der Waals surface area contributed by atoms with E-state index in [1.165, 1.54) is 32.6 Å². The molecule has 0 aliphatic heterocycles. The summed E-state index contributed by atoms with van der Waals surface area (Å²) in [6, 6.07) is 49.5. The maximum Gasteiger partial charge on any atom is 0.138 e. The number of pyridine rings is 1. The third-order valence-electron chi connectivity index (χ3n) is 8.42. The highest BCUT2D eigenvalue weighted by atomic mass is 16.3. The Bertz CT molecular complexity index is 2470. The van der Waals surface area contributed by atoms with Gasteiger partial charge in [-0.25, -0.2) is 0 Å². The lowest BCUT2D eigenvalue weighted by Gasteiger charge is -2.26. The van der Waals surface area contributed by atoms with E-state index in [4.69, 9.17) is 4.42 Å². The summed E-state index contributed by atoms with van der Waals surface area (Å²) in [4.78, 5) is 6.60. The number of furan rings is 1. The molecule has 0 saturated heterocycles. The highest BCUT2D eigenvalue weighted by Crippen LogP contribution is 2.40. The highest BCUT2D eigenvalue weighted by Gasteiger charge is 2.18. The van der Waals surface area contributed by atoms with Gasteiger partial charge in [0.1, 0.15) is 11.2 Å². The lowest BCUT2D eigenvalue weighted by Crippen LogP contribution is -2.10. The Hall–Kier alpha value is -5.87. The highest BCUT2D eigenvalue weighted by molar-refractivity contribution is 6.13. The molecule has 0 saturated carbocycles. The molecule has 3 aromatic heterocycles. The van der Waals surface area contributed by atoms with Gasteiger partial charge in [-0.3, -0.25) is 4.98 Å². The van der Waals surface area contributed by atoms with Crippen LogP contribution < -0.4 is 4.90 Å². The molecule has 0 amide bonds.